The highest BCUT2D eigenvalue weighted by molar-refractivity contribution is 5.46. The van der Waals surface area contributed by atoms with Gasteiger partial charge in [-0.1, -0.05) is 13.0 Å². The Morgan fingerprint density at radius 2 is 1.95 bits per heavy atom. The summed E-state index contributed by atoms with van der Waals surface area (Å²) in [5, 5.41) is 0. The molecule has 0 unspecified atom stereocenters. The molecular formula is C15H17F3N2O. The molecule has 2 N–H and O–H groups in total. The first-order valence-corrected chi connectivity index (χ1v) is 6.60. The van der Waals surface area contributed by atoms with Crippen molar-refractivity contribution in [1.29, 1.82) is 0 Å². The molecule has 2 rings (SSSR count). The Morgan fingerprint density at radius 1 is 1.19 bits per heavy atom. The lowest BCUT2D eigenvalue weighted by Gasteiger charge is -2.22. The molecule has 0 spiro atoms. The maximum atomic E-state index is 13.1. The molecule has 0 aliphatic carbocycles. The Morgan fingerprint density at radius 3 is 2.52 bits per heavy atom. The normalized spacial score (nSPS) is 12.0. The van der Waals surface area contributed by atoms with Crippen LogP contribution in [0.5, 0.6) is 0 Å². The van der Waals surface area contributed by atoms with Crippen molar-refractivity contribution in [2.24, 2.45) is 0 Å². The minimum absolute atomic E-state index is 0.111. The Kier molecular flexibility index (Phi) is 4.57. The van der Waals surface area contributed by atoms with E-state index in [2.05, 4.69) is 0 Å². The van der Waals surface area contributed by atoms with Crippen LogP contribution in [0.15, 0.2) is 41.0 Å². The van der Waals surface area contributed by atoms with E-state index in [4.69, 9.17) is 10.2 Å². The molecule has 1 heterocycles. The van der Waals surface area contributed by atoms with E-state index in [9.17, 15) is 13.2 Å². The SMILES string of the molecule is CCN(Cc1ccco1)Cc1ccc(N)cc1C(F)(F)F. The van der Waals surface area contributed by atoms with Crippen LogP contribution in [0.2, 0.25) is 0 Å². The van der Waals surface area contributed by atoms with Gasteiger partial charge in [-0.25, -0.2) is 0 Å². The van der Waals surface area contributed by atoms with Crippen molar-refractivity contribution < 1.29 is 17.6 Å². The number of alkyl halides is 3. The van der Waals surface area contributed by atoms with Crippen LogP contribution in [0.4, 0.5) is 18.9 Å². The average Bonchev–Trinajstić information content (AvgIpc) is 2.91. The molecule has 6 heteroatoms. The Balaban J connectivity index is 2.21. The van der Waals surface area contributed by atoms with Crippen molar-refractivity contribution in [1.82, 2.24) is 4.90 Å². The van der Waals surface area contributed by atoms with Gasteiger partial charge in [-0.3, -0.25) is 4.90 Å². The van der Waals surface area contributed by atoms with E-state index >= 15 is 0 Å². The third-order valence-corrected chi connectivity index (χ3v) is 3.24. The molecule has 0 aliphatic heterocycles. The molecule has 1 aromatic carbocycles. The fraction of sp³-hybridized carbons (Fsp3) is 0.333. The topological polar surface area (TPSA) is 42.4 Å². The van der Waals surface area contributed by atoms with Crippen LogP contribution in [0.1, 0.15) is 23.8 Å². The average molecular weight is 298 g/mol. The maximum Gasteiger partial charge on any atom is 0.416 e. The van der Waals surface area contributed by atoms with Crippen molar-refractivity contribution in [3.05, 3.63) is 53.5 Å². The predicted octanol–water partition coefficient (Wildman–Crippen LogP) is 3.90. The molecule has 0 radical (unpaired) electrons. The Bertz CT molecular complexity index is 579. The van der Waals surface area contributed by atoms with Crippen LogP contribution in [-0.4, -0.2) is 11.4 Å². The van der Waals surface area contributed by atoms with Crippen LogP contribution in [0.3, 0.4) is 0 Å². The van der Waals surface area contributed by atoms with E-state index in [0.29, 0.717) is 13.1 Å². The lowest BCUT2D eigenvalue weighted by molar-refractivity contribution is -0.138. The van der Waals surface area contributed by atoms with E-state index in [-0.39, 0.29) is 17.8 Å². The lowest BCUT2D eigenvalue weighted by atomic mass is 10.1. The fourth-order valence-electron chi connectivity index (χ4n) is 2.14. The molecule has 0 atom stereocenters. The smallest absolute Gasteiger partial charge is 0.416 e. The van der Waals surface area contributed by atoms with Gasteiger partial charge in [-0.15, -0.1) is 0 Å². The zero-order valence-corrected chi connectivity index (χ0v) is 11.7. The van der Waals surface area contributed by atoms with Crippen molar-refractivity contribution in [3.63, 3.8) is 0 Å². The second kappa shape index (κ2) is 6.22. The number of rotatable bonds is 5. The molecule has 1 aromatic heterocycles. The van der Waals surface area contributed by atoms with Gasteiger partial charge in [-0.05, 0) is 36.4 Å². The molecule has 0 aliphatic rings. The summed E-state index contributed by atoms with van der Waals surface area (Å²) >= 11 is 0. The molecule has 0 saturated heterocycles. The van der Waals surface area contributed by atoms with Crippen molar-refractivity contribution in [2.75, 3.05) is 12.3 Å². The van der Waals surface area contributed by atoms with Crippen LogP contribution >= 0.6 is 0 Å². The summed E-state index contributed by atoms with van der Waals surface area (Å²) < 4.78 is 44.4. The highest BCUT2D eigenvalue weighted by Crippen LogP contribution is 2.34. The first-order valence-electron chi connectivity index (χ1n) is 6.60. The standard InChI is InChI=1S/C15H17F3N2O/c1-2-20(10-13-4-3-7-21-13)9-11-5-6-12(19)8-14(11)15(16,17)18/h3-8H,2,9-10,19H2,1H3. The quantitative estimate of drug-likeness (QED) is 0.851. The van der Waals surface area contributed by atoms with Gasteiger partial charge in [0.1, 0.15) is 5.76 Å². The zero-order valence-electron chi connectivity index (χ0n) is 11.7. The lowest BCUT2D eigenvalue weighted by Crippen LogP contribution is -2.24. The summed E-state index contributed by atoms with van der Waals surface area (Å²) in [6.45, 7) is 3.16. The van der Waals surface area contributed by atoms with Crippen LogP contribution in [0.25, 0.3) is 0 Å². The third kappa shape index (κ3) is 4.01. The Hall–Kier alpha value is -1.95. The van der Waals surface area contributed by atoms with E-state index < -0.39 is 11.7 Å². The first kappa shape index (κ1) is 15.4. The second-order valence-electron chi connectivity index (χ2n) is 4.80. The minimum atomic E-state index is -4.41. The summed E-state index contributed by atoms with van der Waals surface area (Å²) in [5.74, 6) is 0.723. The molecule has 0 bridgehead atoms. The van der Waals surface area contributed by atoms with Gasteiger partial charge < -0.3 is 10.2 Å². The van der Waals surface area contributed by atoms with E-state index in [0.717, 1.165) is 11.8 Å². The molecule has 0 saturated carbocycles. The van der Waals surface area contributed by atoms with Gasteiger partial charge in [0.25, 0.3) is 0 Å². The van der Waals surface area contributed by atoms with Crippen LogP contribution < -0.4 is 5.73 Å². The highest BCUT2D eigenvalue weighted by Gasteiger charge is 2.33. The van der Waals surface area contributed by atoms with Crippen LogP contribution in [0, 0.1) is 0 Å². The maximum absolute atomic E-state index is 13.1. The molecule has 0 fully saturated rings. The summed E-state index contributed by atoms with van der Waals surface area (Å²) in [7, 11) is 0. The summed E-state index contributed by atoms with van der Waals surface area (Å²) in [6.07, 6.45) is -2.86. The zero-order chi connectivity index (χ0) is 15.5. The molecular weight excluding hydrogens is 281 g/mol. The van der Waals surface area contributed by atoms with E-state index in [1.165, 1.54) is 12.1 Å². The minimum Gasteiger partial charge on any atom is -0.468 e. The molecule has 0 amide bonds. The van der Waals surface area contributed by atoms with E-state index in [1.807, 2.05) is 11.8 Å². The number of nitrogens with two attached hydrogens (primary N) is 1. The number of nitrogen functional groups attached to an aromatic ring is 1. The van der Waals surface area contributed by atoms with Gasteiger partial charge in [0, 0.05) is 12.2 Å². The predicted molar refractivity (Wildman–Crippen MR) is 74.4 cm³/mol. The van der Waals surface area contributed by atoms with E-state index in [1.54, 1.807) is 18.4 Å². The summed E-state index contributed by atoms with van der Waals surface area (Å²) in [5.41, 5.74) is 5.11. The third-order valence-electron chi connectivity index (χ3n) is 3.24. The van der Waals surface area contributed by atoms with Gasteiger partial charge in [0.15, 0.2) is 0 Å². The van der Waals surface area contributed by atoms with Gasteiger partial charge in [0.2, 0.25) is 0 Å². The number of halogens is 3. The first-order chi connectivity index (χ1) is 9.90. The molecule has 21 heavy (non-hydrogen) atoms. The van der Waals surface area contributed by atoms with Gasteiger partial charge in [-0.2, -0.15) is 13.2 Å². The largest absolute Gasteiger partial charge is 0.468 e. The van der Waals surface area contributed by atoms with Crippen LogP contribution in [-0.2, 0) is 19.3 Å². The number of nitrogens with zero attached hydrogens (tertiary/aromatic N) is 1. The van der Waals surface area contributed by atoms with Crippen molar-refractivity contribution >= 4 is 5.69 Å². The van der Waals surface area contributed by atoms with Gasteiger partial charge >= 0.3 is 6.18 Å². The summed E-state index contributed by atoms with van der Waals surface area (Å²) in [6, 6.07) is 7.47. The number of anilines is 1. The number of furan rings is 1. The fourth-order valence-corrected chi connectivity index (χ4v) is 2.14. The number of hydrogen-bond acceptors (Lipinski definition) is 3. The second-order valence-corrected chi connectivity index (χ2v) is 4.80. The van der Waals surface area contributed by atoms with Crippen molar-refractivity contribution in [2.45, 2.75) is 26.2 Å². The number of hydrogen-bond donors (Lipinski definition) is 1. The highest BCUT2D eigenvalue weighted by atomic mass is 19.4. The molecule has 3 nitrogen and oxygen atoms in total. The molecule has 114 valence electrons. The monoisotopic (exact) mass is 298 g/mol. The molecule has 2 aromatic rings. The summed E-state index contributed by atoms with van der Waals surface area (Å²) in [4.78, 5) is 1.87. The van der Waals surface area contributed by atoms with Gasteiger partial charge in [0.05, 0.1) is 18.4 Å². The van der Waals surface area contributed by atoms with Crippen molar-refractivity contribution in [3.8, 4) is 0 Å². The Labute approximate surface area is 121 Å². The number of benzene rings is 1.